The number of H-pyrrole nitrogens is 1. The Bertz CT molecular complexity index is 366. The summed E-state index contributed by atoms with van der Waals surface area (Å²) in [5.74, 6) is 0. The molecular formula is C12H21N3. The zero-order chi connectivity index (χ0) is 11.7. The predicted octanol–water partition coefficient (Wildman–Crippen LogP) is 3.71. The topological polar surface area (TPSA) is 41.6 Å². The number of pyridine rings is 1. The molecule has 0 radical (unpaired) electrons. The third-order valence-corrected chi connectivity index (χ3v) is 1.52. The van der Waals surface area contributed by atoms with Crippen LogP contribution in [-0.2, 0) is 0 Å². The lowest BCUT2D eigenvalue weighted by atomic mass is 10.3. The van der Waals surface area contributed by atoms with Crippen LogP contribution >= 0.6 is 0 Å². The standard InChI is InChI=1S/C7H7N3.C3H8.C2H6/c1-5-6-3-2-4-8-7(6)10-9-5;1-3-2;1-2/h2-4H,1H3,(H,8,9,10);3H2,1-2H3;1-2H3. The highest BCUT2D eigenvalue weighted by atomic mass is 15.1. The van der Waals surface area contributed by atoms with Gasteiger partial charge in [-0.25, -0.2) is 4.98 Å². The molecule has 3 heteroatoms. The van der Waals surface area contributed by atoms with E-state index in [1.165, 1.54) is 6.42 Å². The SMILES string of the molecule is CC.CCC.Cc1[nH]nc2ncccc12. The van der Waals surface area contributed by atoms with E-state index in [1.807, 2.05) is 32.9 Å². The van der Waals surface area contributed by atoms with Crippen molar-refractivity contribution < 1.29 is 0 Å². The van der Waals surface area contributed by atoms with E-state index in [0.717, 1.165) is 16.7 Å². The summed E-state index contributed by atoms with van der Waals surface area (Å²) in [7, 11) is 0. The Morgan fingerprint density at radius 1 is 1.27 bits per heavy atom. The molecule has 0 spiro atoms. The van der Waals surface area contributed by atoms with Gasteiger partial charge in [0.15, 0.2) is 5.65 Å². The van der Waals surface area contributed by atoms with Gasteiger partial charge in [-0.3, -0.25) is 5.10 Å². The van der Waals surface area contributed by atoms with Crippen molar-refractivity contribution in [3.8, 4) is 0 Å². The summed E-state index contributed by atoms with van der Waals surface area (Å²) in [4.78, 5) is 4.06. The zero-order valence-electron chi connectivity index (χ0n) is 10.3. The summed E-state index contributed by atoms with van der Waals surface area (Å²) in [6.07, 6.45) is 2.99. The third-order valence-electron chi connectivity index (χ3n) is 1.52. The van der Waals surface area contributed by atoms with Crippen molar-refractivity contribution in [3.63, 3.8) is 0 Å². The molecule has 1 N–H and O–H groups in total. The van der Waals surface area contributed by atoms with Gasteiger partial charge in [0.25, 0.3) is 0 Å². The van der Waals surface area contributed by atoms with Gasteiger partial charge < -0.3 is 0 Å². The molecule has 2 aromatic heterocycles. The Morgan fingerprint density at radius 2 is 1.87 bits per heavy atom. The minimum atomic E-state index is 0.792. The second-order valence-corrected chi connectivity index (χ2v) is 2.93. The molecule has 0 amide bonds. The van der Waals surface area contributed by atoms with Gasteiger partial charge in [-0.1, -0.05) is 34.1 Å². The molecule has 0 fully saturated rings. The highest BCUT2D eigenvalue weighted by Crippen LogP contribution is 2.09. The molecule has 0 saturated carbocycles. The van der Waals surface area contributed by atoms with Crippen LogP contribution < -0.4 is 0 Å². The lowest BCUT2D eigenvalue weighted by Crippen LogP contribution is -1.72. The van der Waals surface area contributed by atoms with Crippen molar-refractivity contribution in [2.24, 2.45) is 0 Å². The number of nitrogens with zero attached hydrogens (tertiary/aromatic N) is 2. The summed E-state index contributed by atoms with van der Waals surface area (Å²) >= 11 is 0. The van der Waals surface area contributed by atoms with Gasteiger partial charge in [-0.05, 0) is 19.1 Å². The molecule has 0 atom stereocenters. The van der Waals surface area contributed by atoms with Crippen LogP contribution in [0.15, 0.2) is 18.3 Å². The number of aromatic nitrogens is 3. The van der Waals surface area contributed by atoms with Gasteiger partial charge in [0, 0.05) is 17.3 Å². The van der Waals surface area contributed by atoms with Gasteiger partial charge in [0.2, 0.25) is 0 Å². The van der Waals surface area contributed by atoms with Crippen LogP contribution in [0.5, 0.6) is 0 Å². The minimum Gasteiger partial charge on any atom is -0.280 e. The Kier molecular flexibility index (Phi) is 7.24. The molecule has 3 nitrogen and oxygen atoms in total. The first-order valence-electron chi connectivity index (χ1n) is 5.55. The summed E-state index contributed by atoms with van der Waals surface area (Å²) in [5, 5.41) is 7.95. The monoisotopic (exact) mass is 207 g/mol. The lowest BCUT2D eigenvalue weighted by molar-refractivity contribution is 1.05. The van der Waals surface area contributed by atoms with Crippen LogP contribution in [0.4, 0.5) is 0 Å². The summed E-state index contributed by atoms with van der Waals surface area (Å²) in [6.45, 7) is 10.2. The number of nitrogens with one attached hydrogen (secondary N) is 1. The first-order chi connectivity index (χ1) is 7.29. The van der Waals surface area contributed by atoms with E-state index in [0.29, 0.717) is 0 Å². The van der Waals surface area contributed by atoms with Crippen LogP contribution in [0.25, 0.3) is 11.0 Å². The highest BCUT2D eigenvalue weighted by Gasteiger charge is 1.97. The van der Waals surface area contributed by atoms with Crippen LogP contribution in [-0.4, -0.2) is 15.2 Å². The molecule has 2 aromatic rings. The molecule has 0 aliphatic heterocycles. The first-order valence-corrected chi connectivity index (χ1v) is 5.55. The van der Waals surface area contributed by atoms with Gasteiger partial charge in [-0.2, -0.15) is 5.10 Å². The number of aromatic amines is 1. The van der Waals surface area contributed by atoms with Crippen molar-refractivity contribution in [2.45, 2.75) is 41.0 Å². The molecule has 0 saturated heterocycles. The van der Waals surface area contributed by atoms with E-state index in [2.05, 4.69) is 29.0 Å². The maximum absolute atomic E-state index is 4.06. The Hall–Kier alpha value is -1.38. The van der Waals surface area contributed by atoms with Gasteiger partial charge >= 0.3 is 0 Å². The Morgan fingerprint density at radius 3 is 2.40 bits per heavy atom. The van der Waals surface area contributed by atoms with Gasteiger partial charge in [0.05, 0.1) is 0 Å². The second kappa shape index (κ2) is 7.97. The number of fused-ring (bicyclic) bond motifs is 1. The van der Waals surface area contributed by atoms with E-state index < -0.39 is 0 Å². The highest BCUT2D eigenvalue weighted by molar-refractivity contribution is 5.76. The first kappa shape index (κ1) is 13.6. The number of hydrogen-bond donors (Lipinski definition) is 1. The molecule has 0 bridgehead atoms. The van der Waals surface area contributed by atoms with Crippen molar-refractivity contribution in [2.75, 3.05) is 0 Å². The number of aryl methyl sites for hydroxylation is 1. The summed E-state index contributed by atoms with van der Waals surface area (Å²) in [6, 6.07) is 3.91. The van der Waals surface area contributed by atoms with Gasteiger partial charge in [-0.15, -0.1) is 0 Å². The number of hydrogen-bond acceptors (Lipinski definition) is 2. The molecule has 2 rings (SSSR count). The fourth-order valence-corrected chi connectivity index (χ4v) is 0.976. The molecule has 84 valence electrons. The molecule has 0 unspecified atom stereocenters. The summed E-state index contributed by atoms with van der Waals surface area (Å²) in [5.41, 5.74) is 1.86. The largest absolute Gasteiger partial charge is 0.280 e. The number of rotatable bonds is 0. The minimum absolute atomic E-state index is 0.792. The van der Waals surface area contributed by atoms with Crippen LogP contribution in [0, 0.1) is 6.92 Å². The van der Waals surface area contributed by atoms with Crippen molar-refractivity contribution >= 4 is 11.0 Å². The summed E-state index contributed by atoms with van der Waals surface area (Å²) < 4.78 is 0. The van der Waals surface area contributed by atoms with E-state index in [-0.39, 0.29) is 0 Å². The maximum atomic E-state index is 4.06. The zero-order valence-corrected chi connectivity index (χ0v) is 10.3. The normalized spacial score (nSPS) is 8.60. The smallest absolute Gasteiger partial charge is 0.181 e. The van der Waals surface area contributed by atoms with E-state index in [9.17, 15) is 0 Å². The second-order valence-electron chi connectivity index (χ2n) is 2.93. The molecular weight excluding hydrogens is 186 g/mol. The van der Waals surface area contributed by atoms with Crippen LogP contribution in [0.1, 0.15) is 39.8 Å². The average molecular weight is 207 g/mol. The Labute approximate surface area is 91.9 Å². The van der Waals surface area contributed by atoms with E-state index in [1.54, 1.807) is 6.20 Å². The molecule has 0 aliphatic rings. The maximum Gasteiger partial charge on any atom is 0.181 e. The fraction of sp³-hybridized carbons (Fsp3) is 0.500. The lowest BCUT2D eigenvalue weighted by Gasteiger charge is -1.83. The molecule has 0 aromatic carbocycles. The molecule has 0 aliphatic carbocycles. The molecule has 15 heavy (non-hydrogen) atoms. The van der Waals surface area contributed by atoms with E-state index in [4.69, 9.17) is 0 Å². The average Bonchev–Trinajstić information content (AvgIpc) is 2.65. The van der Waals surface area contributed by atoms with E-state index >= 15 is 0 Å². The van der Waals surface area contributed by atoms with Crippen molar-refractivity contribution in [1.82, 2.24) is 15.2 Å². The van der Waals surface area contributed by atoms with Crippen molar-refractivity contribution in [3.05, 3.63) is 24.0 Å². The Balaban J connectivity index is 0.000000342. The van der Waals surface area contributed by atoms with Crippen LogP contribution in [0.2, 0.25) is 0 Å². The van der Waals surface area contributed by atoms with Crippen LogP contribution in [0.3, 0.4) is 0 Å². The third kappa shape index (κ3) is 4.11. The molecule has 2 heterocycles. The van der Waals surface area contributed by atoms with Crippen molar-refractivity contribution in [1.29, 1.82) is 0 Å². The predicted molar refractivity (Wildman–Crippen MR) is 65.9 cm³/mol. The fourth-order valence-electron chi connectivity index (χ4n) is 0.976. The quantitative estimate of drug-likeness (QED) is 0.715. The van der Waals surface area contributed by atoms with Gasteiger partial charge in [0.1, 0.15) is 0 Å².